The van der Waals surface area contributed by atoms with E-state index in [-0.39, 0.29) is 23.5 Å². The van der Waals surface area contributed by atoms with Gasteiger partial charge in [0.15, 0.2) is 0 Å². The van der Waals surface area contributed by atoms with Crippen LogP contribution in [-0.2, 0) is 4.74 Å². The van der Waals surface area contributed by atoms with Gasteiger partial charge in [0, 0.05) is 17.9 Å². The number of oxime groups is 1. The highest BCUT2D eigenvalue weighted by Gasteiger charge is 2.76. The summed E-state index contributed by atoms with van der Waals surface area (Å²) in [4.78, 5) is 0. The van der Waals surface area contributed by atoms with E-state index in [1.165, 1.54) is 24.8 Å². The van der Waals surface area contributed by atoms with Crippen LogP contribution in [0.15, 0.2) is 29.0 Å². The van der Waals surface area contributed by atoms with Crippen LogP contribution in [-0.4, -0.2) is 34.8 Å². The van der Waals surface area contributed by atoms with Crippen molar-refractivity contribution in [2.45, 2.75) is 51.0 Å². The largest absolute Gasteiger partial charge is 0.411 e. The quantitative estimate of drug-likeness (QED) is 0.420. The molecule has 0 aromatic carbocycles. The summed E-state index contributed by atoms with van der Waals surface area (Å²) in [6, 6.07) is 0. The van der Waals surface area contributed by atoms with Crippen LogP contribution >= 0.6 is 0 Å². The van der Waals surface area contributed by atoms with Crippen LogP contribution in [0.5, 0.6) is 0 Å². The molecule has 4 heteroatoms. The van der Waals surface area contributed by atoms with Gasteiger partial charge in [-0.2, -0.15) is 0 Å². The third kappa shape index (κ3) is 1.94. The summed E-state index contributed by atoms with van der Waals surface area (Å²) in [7, 11) is 0. The minimum Gasteiger partial charge on any atom is -0.411 e. The maximum Gasteiger partial charge on any atom is 0.0954 e. The number of rotatable bonds is 1. The van der Waals surface area contributed by atoms with Gasteiger partial charge < -0.3 is 15.1 Å². The van der Waals surface area contributed by atoms with Gasteiger partial charge in [-0.25, -0.2) is 0 Å². The van der Waals surface area contributed by atoms with Gasteiger partial charge in [-0.3, -0.25) is 0 Å². The van der Waals surface area contributed by atoms with E-state index in [1.807, 2.05) is 0 Å². The van der Waals surface area contributed by atoms with Crippen molar-refractivity contribution >= 4 is 5.71 Å². The molecule has 27 heavy (non-hydrogen) atoms. The van der Waals surface area contributed by atoms with E-state index in [2.05, 4.69) is 30.3 Å². The predicted molar refractivity (Wildman–Crippen MR) is 102 cm³/mol. The number of nitrogens with zero attached hydrogens (tertiary/aromatic N) is 1. The maximum atomic E-state index is 10.2. The van der Waals surface area contributed by atoms with Crippen LogP contribution in [0.3, 0.4) is 0 Å². The van der Waals surface area contributed by atoms with Crippen molar-refractivity contribution < 1.29 is 15.1 Å². The summed E-state index contributed by atoms with van der Waals surface area (Å²) in [6.07, 6.45) is 13.7. The molecule has 6 aliphatic rings. The summed E-state index contributed by atoms with van der Waals surface area (Å²) in [5, 5.41) is 22.9. The SMILES string of the molecule is C[C@]12CC[C@H]3[C@@H](C[C@@H](CO)C4=C/C(=N/O)CC[C@@H]43)[C@@H]1[C@@H]1C[C@@H]1[C@@]21C=CCO1. The second kappa shape index (κ2) is 5.48. The highest BCUT2D eigenvalue weighted by Crippen LogP contribution is 2.77. The van der Waals surface area contributed by atoms with Crippen LogP contribution in [0, 0.1) is 46.8 Å². The summed E-state index contributed by atoms with van der Waals surface area (Å²) in [6.45, 7) is 3.54. The zero-order chi connectivity index (χ0) is 18.4. The average Bonchev–Trinajstić information content (AvgIpc) is 3.25. The molecular formula is C23H31NO3. The molecule has 0 unspecified atom stereocenters. The van der Waals surface area contributed by atoms with E-state index in [1.54, 1.807) is 0 Å². The maximum absolute atomic E-state index is 10.2. The Morgan fingerprint density at radius 2 is 2.11 bits per heavy atom. The third-order valence-electron chi connectivity index (χ3n) is 9.64. The molecule has 4 nitrogen and oxygen atoms in total. The van der Waals surface area contributed by atoms with Crippen LogP contribution in [0.4, 0.5) is 0 Å². The first kappa shape index (κ1) is 16.8. The zero-order valence-corrected chi connectivity index (χ0v) is 16.2. The van der Waals surface area contributed by atoms with Crippen LogP contribution in [0.1, 0.15) is 45.4 Å². The molecule has 0 saturated heterocycles. The first-order valence-corrected chi connectivity index (χ1v) is 11.0. The van der Waals surface area contributed by atoms with E-state index in [0.717, 1.165) is 55.3 Å². The summed E-state index contributed by atoms with van der Waals surface area (Å²) < 4.78 is 6.48. The van der Waals surface area contributed by atoms with Gasteiger partial charge in [0.2, 0.25) is 0 Å². The van der Waals surface area contributed by atoms with Gasteiger partial charge in [0.25, 0.3) is 0 Å². The van der Waals surface area contributed by atoms with Crippen molar-refractivity contribution in [2.24, 2.45) is 52.0 Å². The number of aliphatic hydroxyl groups is 1. The molecule has 0 amide bonds. The number of allylic oxidation sites excluding steroid dienone is 1. The smallest absolute Gasteiger partial charge is 0.0954 e. The third-order valence-corrected chi connectivity index (χ3v) is 9.64. The Morgan fingerprint density at radius 1 is 1.22 bits per heavy atom. The standard InChI is InChI=1S/C23H31NO3/c1-22-7-5-16-15-4-3-14(24-26)10-17(15)13(12-25)9-18(16)21(22)19-11-20(19)23(22)6-2-8-27-23/h2,6,10,13,15-16,18-21,25-26H,3-5,7-9,11-12H2,1H3/b24-14+/t13-,15+,16+,18+,19+,20-,21+,22-,23-/m0/s1. The van der Waals surface area contributed by atoms with Crippen LogP contribution in [0.25, 0.3) is 0 Å². The molecule has 4 fully saturated rings. The van der Waals surface area contributed by atoms with Crippen molar-refractivity contribution in [1.29, 1.82) is 0 Å². The van der Waals surface area contributed by atoms with Gasteiger partial charge in [-0.05, 0) is 80.1 Å². The van der Waals surface area contributed by atoms with Gasteiger partial charge in [0.1, 0.15) is 0 Å². The number of hydrogen-bond acceptors (Lipinski definition) is 4. The Hall–Kier alpha value is -1.13. The molecule has 1 aliphatic heterocycles. The molecule has 6 rings (SSSR count). The number of aliphatic hydroxyl groups excluding tert-OH is 1. The molecule has 5 aliphatic carbocycles. The van der Waals surface area contributed by atoms with Gasteiger partial charge >= 0.3 is 0 Å². The minimum absolute atomic E-state index is 0.00140. The second-order valence-electron chi connectivity index (χ2n) is 10.3. The van der Waals surface area contributed by atoms with E-state index in [0.29, 0.717) is 11.8 Å². The molecule has 0 bridgehead atoms. The molecular weight excluding hydrogens is 338 g/mol. The lowest BCUT2D eigenvalue weighted by Gasteiger charge is -2.58. The van der Waals surface area contributed by atoms with Crippen LogP contribution < -0.4 is 0 Å². The van der Waals surface area contributed by atoms with Gasteiger partial charge in [-0.15, -0.1) is 0 Å². The molecule has 0 aromatic rings. The van der Waals surface area contributed by atoms with E-state index >= 15 is 0 Å². The van der Waals surface area contributed by atoms with Crippen molar-refractivity contribution in [3.8, 4) is 0 Å². The zero-order valence-electron chi connectivity index (χ0n) is 16.2. The van der Waals surface area contributed by atoms with Crippen LogP contribution in [0.2, 0.25) is 0 Å². The minimum atomic E-state index is 0.00140. The molecule has 4 saturated carbocycles. The molecule has 9 atom stereocenters. The number of fused-ring (bicyclic) bond motifs is 9. The van der Waals surface area contributed by atoms with Crippen molar-refractivity contribution in [2.75, 3.05) is 13.2 Å². The molecule has 1 heterocycles. The lowest BCUT2D eigenvalue weighted by Crippen LogP contribution is -2.55. The first-order valence-electron chi connectivity index (χ1n) is 11.0. The van der Waals surface area contributed by atoms with E-state index < -0.39 is 0 Å². The molecule has 146 valence electrons. The Morgan fingerprint density at radius 3 is 2.85 bits per heavy atom. The molecule has 0 radical (unpaired) electrons. The monoisotopic (exact) mass is 369 g/mol. The lowest BCUT2D eigenvalue weighted by molar-refractivity contribution is -0.134. The first-order chi connectivity index (χ1) is 13.1. The van der Waals surface area contributed by atoms with Crippen molar-refractivity contribution in [1.82, 2.24) is 0 Å². The summed E-state index contributed by atoms with van der Waals surface area (Å²) >= 11 is 0. The fraction of sp³-hybridized carbons (Fsp3) is 0.783. The normalized spacial score (nSPS) is 56.4. The number of hydrogen-bond donors (Lipinski definition) is 2. The fourth-order valence-electron chi connectivity index (χ4n) is 8.67. The van der Waals surface area contributed by atoms with E-state index in [4.69, 9.17) is 4.74 Å². The van der Waals surface area contributed by atoms with Crippen molar-refractivity contribution in [3.05, 3.63) is 23.8 Å². The number of ether oxygens (including phenoxy) is 1. The Labute approximate surface area is 161 Å². The average molecular weight is 370 g/mol. The highest BCUT2D eigenvalue weighted by molar-refractivity contribution is 5.96. The second-order valence-corrected chi connectivity index (χ2v) is 10.3. The highest BCUT2D eigenvalue weighted by atomic mass is 16.5. The van der Waals surface area contributed by atoms with Gasteiger partial charge in [-0.1, -0.05) is 29.8 Å². The molecule has 1 spiro atoms. The lowest BCUT2D eigenvalue weighted by atomic mass is 9.48. The topological polar surface area (TPSA) is 62.1 Å². The van der Waals surface area contributed by atoms with E-state index in [9.17, 15) is 10.3 Å². The molecule has 2 N–H and O–H groups in total. The Balaban J connectivity index is 1.39. The Kier molecular flexibility index (Phi) is 3.41. The Bertz CT molecular complexity index is 757. The molecule has 0 aromatic heterocycles. The summed E-state index contributed by atoms with van der Waals surface area (Å²) in [5.74, 6) is 4.56. The van der Waals surface area contributed by atoms with Crippen molar-refractivity contribution in [3.63, 3.8) is 0 Å². The summed E-state index contributed by atoms with van der Waals surface area (Å²) in [5.41, 5.74) is 2.44. The van der Waals surface area contributed by atoms with Gasteiger partial charge in [0.05, 0.1) is 17.9 Å². The predicted octanol–water partition coefficient (Wildman–Crippen LogP) is 3.79. The fourth-order valence-corrected chi connectivity index (χ4v) is 8.67.